The van der Waals surface area contributed by atoms with Gasteiger partial charge in [0.05, 0.1) is 12.7 Å². The normalized spacial score (nSPS) is 13.8. The molecule has 0 amide bonds. The van der Waals surface area contributed by atoms with Gasteiger partial charge in [-0.15, -0.1) is 0 Å². The Morgan fingerprint density at radius 2 is 1.42 bits per heavy atom. The van der Waals surface area contributed by atoms with Crippen LogP contribution in [0.15, 0.2) is 60.7 Å². The lowest BCUT2D eigenvalue weighted by Crippen LogP contribution is -2.14. The molecule has 142 valence electrons. The summed E-state index contributed by atoms with van der Waals surface area (Å²) in [6, 6.07) is 17.7. The number of aliphatic hydroxyl groups excluding tert-OH is 1. The molecule has 0 spiro atoms. The lowest BCUT2D eigenvalue weighted by molar-refractivity contribution is 0.144. The van der Waals surface area contributed by atoms with E-state index in [1.807, 2.05) is 19.1 Å². The van der Waals surface area contributed by atoms with Crippen molar-refractivity contribution in [2.24, 2.45) is 5.92 Å². The minimum Gasteiger partial charge on any atom is -0.395 e. The zero-order valence-electron chi connectivity index (χ0n) is 15.3. The van der Waals surface area contributed by atoms with Gasteiger partial charge in [0.15, 0.2) is 0 Å². The van der Waals surface area contributed by atoms with Crippen LogP contribution in [0.25, 0.3) is 0 Å². The first-order valence-electron chi connectivity index (χ1n) is 8.92. The summed E-state index contributed by atoms with van der Waals surface area (Å²) in [5, 5.41) is 9.47. The number of rotatable bonds is 11. The average Bonchev–Trinajstić information content (AvgIpc) is 2.63. The number of aliphatic hydroxyl groups is 1. The maximum Gasteiger partial charge on any atom is 0.587 e. The van der Waals surface area contributed by atoms with Gasteiger partial charge >= 0.3 is 7.82 Å². The van der Waals surface area contributed by atoms with E-state index in [2.05, 4.69) is 0 Å². The molecule has 0 radical (unpaired) electrons. The van der Waals surface area contributed by atoms with Crippen LogP contribution in [0.2, 0.25) is 0 Å². The highest BCUT2D eigenvalue weighted by atomic mass is 31.2. The largest absolute Gasteiger partial charge is 0.587 e. The third kappa shape index (κ3) is 7.20. The van der Waals surface area contributed by atoms with Gasteiger partial charge in [-0.25, -0.2) is 4.57 Å². The summed E-state index contributed by atoms with van der Waals surface area (Å²) in [7, 11) is -3.84. The van der Waals surface area contributed by atoms with Crippen molar-refractivity contribution in [1.82, 2.24) is 0 Å². The molecule has 26 heavy (non-hydrogen) atoms. The number of phosphoric ester groups is 1. The average molecular weight is 378 g/mol. The SMILES string of the molecule is CCC(CCC(C)O)COP(=O)(Oc1ccccc1)Oc1ccccc1. The van der Waals surface area contributed by atoms with E-state index in [1.54, 1.807) is 55.5 Å². The van der Waals surface area contributed by atoms with Crippen molar-refractivity contribution in [2.45, 2.75) is 39.2 Å². The fourth-order valence-corrected chi connectivity index (χ4v) is 3.67. The second kappa shape index (κ2) is 10.4. The molecule has 0 saturated heterocycles. The first-order chi connectivity index (χ1) is 12.5. The molecule has 2 rings (SSSR count). The van der Waals surface area contributed by atoms with Gasteiger partial charge in [-0.2, -0.15) is 0 Å². The predicted molar refractivity (Wildman–Crippen MR) is 102 cm³/mol. The van der Waals surface area contributed by atoms with E-state index in [4.69, 9.17) is 13.6 Å². The van der Waals surface area contributed by atoms with Crippen LogP contribution < -0.4 is 9.05 Å². The number of benzene rings is 2. The quantitative estimate of drug-likeness (QED) is 0.526. The van der Waals surface area contributed by atoms with Gasteiger partial charge in [0.2, 0.25) is 0 Å². The second-order valence-corrected chi connectivity index (χ2v) is 7.77. The molecule has 1 N–H and O–H groups in total. The molecule has 2 atom stereocenters. The third-order valence-electron chi connectivity index (χ3n) is 3.96. The van der Waals surface area contributed by atoms with Crippen LogP contribution in [0.4, 0.5) is 0 Å². The van der Waals surface area contributed by atoms with Crippen LogP contribution in [0.1, 0.15) is 33.1 Å². The zero-order chi connectivity index (χ0) is 18.8. The first-order valence-corrected chi connectivity index (χ1v) is 10.4. The molecule has 2 unspecified atom stereocenters. The molecule has 0 fully saturated rings. The summed E-state index contributed by atoms with van der Waals surface area (Å²) in [5.41, 5.74) is 0. The Kier molecular flexibility index (Phi) is 8.17. The monoisotopic (exact) mass is 378 g/mol. The summed E-state index contributed by atoms with van der Waals surface area (Å²) in [6.07, 6.45) is 1.94. The Hall–Kier alpha value is -1.81. The van der Waals surface area contributed by atoms with E-state index in [0.717, 1.165) is 12.8 Å². The van der Waals surface area contributed by atoms with Crippen molar-refractivity contribution >= 4 is 7.82 Å². The van der Waals surface area contributed by atoms with Crippen LogP contribution >= 0.6 is 7.82 Å². The van der Waals surface area contributed by atoms with Crippen LogP contribution in [0.5, 0.6) is 11.5 Å². The minimum atomic E-state index is -3.84. The molecular weight excluding hydrogens is 351 g/mol. The van der Waals surface area contributed by atoms with E-state index in [-0.39, 0.29) is 18.6 Å². The third-order valence-corrected chi connectivity index (χ3v) is 5.29. The highest BCUT2D eigenvalue weighted by Gasteiger charge is 2.32. The number of hydrogen-bond acceptors (Lipinski definition) is 5. The Bertz CT molecular complexity index is 630. The molecule has 0 bridgehead atoms. The van der Waals surface area contributed by atoms with Crippen molar-refractivity contribution < 1.29 is 23.2 Å². The van der Waals surface area contributed by atoms with Gasteiger partial charge in [0.25, 0.3) is 0 Å². The topological polar surface area (TPSA) is 65.0 Å². The molecule has 0 heterocycles. The molecule has 0 aliphatic heterocycles. The lowest BCUT2D eigenvalue weighted by Gasteiger charge is -2.22. The number of phosphoric acid groups is 1. The molecule has 0 saturated carbocycles. The Balaban J connectivity index is 2.08. The van der Waals surface area contributed by atoms with Gasteiger partial charge < -0.3 is 14.2 Å². The molecule has 0 aromatic heterocycles. The van der Waals surface area contributed by atoms with Crippen molar-refractivity contribution in [3.05, 3.63) is 60.7 Å². The van der Waals surface area contributed by atoms with Crippen LogP contribution in [-0.4, -0.2) is 17.8 Å². The van der Waals surface area contributed by atoms with Crippen LogP contribution in [-0.2, 0) is 9.09 Å². The number of para-hydroxylation sites is 2. The highest BCUT2D eigenvalue weighted by Crippen LogP contribution is 2.50. The molecule has 2 aromatic carbocycles. The standard InChI is InChI=1S/C20H27O5P/c1-3-18(15-14-17(2)21)16-23-26(22,24-19-10-6-4-7-11-19)25-20-12-8-5-9-13-20/h4-13,17-18,21H,3,14-16H2,1-2H3. The summed E-state index contributed by atoms with van der Waals surface area (Å²) in [4.78, 5) is 0. The first kappa shape index (κ1) is 20.5. The Labute approximate surface area is 155 Å². The predicted octanol–water partition coefficient (Wildman–Crippen LogP) is 5.46. The molecule has 5 nitrogen and oxygen atoms in total. The van der Waals surface area contributed by atoms with Gasteiger partial charge in [-0.1, -0.05) is 49.7 Å². The zero-order valence-corrected chi connectivity index (χ0v) is 16.2. The Morgan fingerprint density at radius 1 is 0.923 bits per heavy atom. The smallest absolute Gasteiger partial charge is 0.395 e. The van der Waals surface area contributed by atoms with Crippen molar-refractivity contribution in [1.29, 1.82) is 0 Å². The van der Waals surface area contributed by atoms with Crippen LogP contribution in [0, 0.1) is 5.92 Å². The van der Waals surface area contributed by atoms with Crippen molar-refractivity contribution in [3.63, 3.8) is 0 Å². The molecule has 2 aromatic rings. The lowest BCUT2D eigenvalue weighted by atomic mass is 10.00. The van der Waals surface area contributed by atoms with Crippen LogP contribution in [0.3, 0.4) is 0 Å². The van der Waals surface area contributed by atoms with E-state index in [1.165, 1.54) is 0 Å². The number of hydrogen-bond donors (Lipinski definition) is 1. The summed E-state index contributed by atoms with van der Waals surface area (Å²) in [5.74, 6) is 1.00. The maximum atomic E-state index is 13.2. The maximum absolute atomic E-state index is 13.2. The van der Waals surface area contributed by atoms with Crippen molar-refractivity contribution in [2.75, 3.05) is 6.61 Å². The molecule has 0 aliphatic rings. The van der Waals surface area contributed by atoms with Crippen molar-refractivity contribution in [3.8, 4) is 11.5 Å². The Morgan fingerprint density at radius 3 is 1.85 bits per heavy atom. The summed E-state index contributed by atoms with van der Waals surface area (Å²) < 4.78 is 30.0. The fourth-order valence-electron chi connectivity index (χ4n) is 2.37. The molecule has 6 heteroatoms. The van der Waals surface area contributed by atoms with Gasteiger partial charge in [0.1, 0.15) is 11.5 Å². The minimum absolute atomic E-state index is 0.164. The van der Waals surface area contributed by atoms with E-state index >= 15 is 0 Å². The molecule has 0 aliphatic carbocycles. The molecular formula is C20H27O5P. The fraction of sp³-hybridized carbons (Fsp3) is 0.400. The van der Waals surface area contributed by atoms with Gasteiger partial charge in [-0.05, 0) is 49.9 Å². The van der Waals surface area contributed by atoms with Gasteiger partial charge in [0, 0.05) is 0 Å². The van der Waals surface area contributed by atoms with E-state index in [0.29, 0.717) is 17.9 Å². The summed E-state index contributed by atoms with van der Waals surface area (Å²) >= 11 is 0. The van der Waals surface area contributed by atoms with E-state index < -0.39 is 7.82 Å². The van der Waals surface area contributed by atoms with E-state index in [9.17, 15) is 9.67 Å². The van der Waals surface area contributed by atoms with Gasteiger partial charge in [-0.3, -0.25) is 4.52 Å². The second-order valence-electron chi connectivity index (χ2n) is 6.25. The summed E-state index contributed by atoms with van der Waals surface area (Å²) in [6.45, 7) is 4.03. The highest BCUT2D eigenvalue weighted by molar-refractivity contribution is 7.49.